The van der Waals surface area contributed by atoms with Crippen LogP contribution in [0.2, 0.25) is 5.02 Å². The van der Waals surface area contributed by atoms with Gasteiger partial charge in [-0.15, -0.1) is 0 Å². The molecule has 0 bridgehead atoms. The second-order valence-corrected chi connectivity index (χ2v) is 6.54. The van der Waals surface area contributed by atoms with E-state index in [1.54, 1.807) is 0 Å². The average molecular weight is 386 g/mol. The number of hydrogen-bond donors (Lipinski definition) is 1. The molecule has 0 fully saturated rings. The van der Waals surface area contributed by atoms with Crippen molar-refractivity contribution in [2.24, 2.45) is 5.73 Å². The van der Waals surface area contributed by atoms with Gasteiger partial charge < -0.3 is 5.73 Å². The van der Waals surface area contributed by atoms with Gasteiger partial charge in [-0.05, 0) is 89.4 Å². The van der Waals surface area contributed by atoms with E-state index in [-0.39, 0.29) is 6.04 Å². The van der Waals surface area contributed by atoms with Crippen molar-refractivity contribution in [1.82, 2.24) is 0 Å². The molecule has 0 saturated carbocycles. The maximum atomic E-state index is 6.44. The van der Waals surface area contributed by atoms with Crippen LogP contribution in [0.3, 0.4) is 0 Å². The van der Waals surface area contributed by atoms with Gasteiger partial charge >= 0.3 is 0 Å². The Labute approximate surface area is 133 Å². The Kier molecular flexibility index (Phi) is 4.54. The molecule has 100 valence electrons. The van der Waals surface area contributed by atoms with Crippen molar-refractivity contribution in [2.45, 2.75) is 26.8 Å². The number of hydrogen-bond acceptors (Lipinski definition) is 1. The Morgan fingerprint density at radius 3 is 2.26 bits per heavy atom. The summed E-state index contributed by atoms with van der Waals surface area (Å²) in [6.45, 7) is 6.35. The zero-order valence-electron chi connectivity index (χ0n) is 11.3. The van der Waals surface area contributed by atoms with Crippen molar-refractivity contribution in [3.63, 3.8) is 0 Å². The van der Waals surface area contributed by atoms with Crippen LogP contribution < -0.4 is 5.73 Å². The molecule has 3 heteroatoms. The van der Waals surface area contributed by atoms with Gasteiger partial charge in [0.25, 0.3) is 0 Å². The monoisotopic (exact) mass is 385 g/mol. The van der Waals surface area contributed by atoms with Crippen LogP contribution in [0.25, 0.3) is 0 Å². The van der Waals surface area contributed by atoms with Crippen molar-refractivity contribution in [2.75, 3.05) is 0 Å². The highest BCUT2D eigenvalue weighted by Crippen LogP contribution is 2.30. The van der Waals surface area contributed by atoms with Crippen LogP contribution in [-0.2, 0) is 0 Å². The Hall–Kier alpha value is -0.580. The molecule has 0 radical (unpaired) electrons. The highest BCUT2D eigenvalue weighted by Gasteiger charge is 2.15. The zero-order chi connectivity index (χ0) is 14.2. The van der Waals surface area contributed by atoms with Gasteiger partial charge in [-0.25, -0.2) is 0 Å². The summed E-state index contributed by atoms with van der Waals surface area (Å²) in [5.74, 6) is 0. The highest BCUT2D eigenvalue weighted by molar-refractivity contribution is 14.1. The van der Waals surface area contributed by atoms with Gasteiger partial charge in [0, 0.05) is 8.59 Å². The molecular formula is C16H17ClIN. The maximum Gasteiger partial charge on any atom is 0.0565 e. The molecule has 0 amide bonds. The molecule has 0 aromatic heterocycles. The van der Waals surface area contributed by atoms with Gasteiger partial charge in [0.15, 0.2) is 0 Å². The third-order valence-corrected chi connectivity index (χ3v) is 4.73. The van der Waals surface area contributed by atoms with E-state index in [4.69, 9.17) is 17.3 Å². The number of aryl methyl sites for hydroxylation is 3. The van der Waals surface area contributed by atoms with Crippen LogP contribution in [0.15, 0.2) is 30.3 Å². The van der Waals surface area contributed by atoms with Crippen molar-refractivity contribution in [3.05, 3.63) is 66.7 Å². The lowest BCUT2D eigenvalue weighted by Crippen LogP contribution is -2.15. The predicted molar refractivity (Wildman–Crippen MR) is 90.9 cm³/mol. The van der Waals surface area contributed by atoms with E-state index in [0.717, 1.165) is 14.2 Å². The Morgan fingerprint density at radius 1 is 0.947 bits per heavy atom. The first-order chi connectivity index (χ1) is 8.90. The summed E-state index contributed by atoms with van der Waals surface area (Å²) in [6, 6.07) is 10.1. The molecule has 0 aliphatic carbocycles. The molecule has 1 unspecified atom stereocenters. The lowest BCUT2D eigenvalue weighted by atomic mass is 9.92. The summed E-state index contributed by atoms with van der Waals surface area (Å²) in [4.78, 5) is 0. The predicted octanol–water partition coefficient (Wildman–Crippen LogP) is 4.92. The molecule has 2 aromatic carbocycles. The highest BCUT2D eigenvalue weighted by atomic mass is 127. The lowest BCUT2D eigenvalue weighted by molar-refractivity contribution is 0.852. The van der Waals surface area contributed by atoms with Crippen LogP contribution in [0.5, 0.6) is 0 Å². The molecule has 0 saturated heterocycles. The molecule has 2 N–H and O–H groups in total. The molecular weight excluding hydrogens is 369 g/mol. The van der Waals surface area contributed by atoms with Gasteiger partial charge in [-0.3, -0.25) is 0 Å². The fourth-order valence-corrected chi connectivity index (χ4v) is 3.09. The Balaban J connectivity index is 2.52. The standard InChI is InChI=1S/C16H17ClIN/c1-9-6-11(3)13(7-10(9)2)16(19)14-8-12(17)4-5-15(14)18/h4-8,16H,19H2,1-3H3. The quantitative estimate of drug-likeness (QED) is 0.730. The third-order valence-electron chi connectivity index (χ3n) is 3.51. The zero-order valence-corrected chi connectivity index (χ0v) is 14.2. The maximum absolute atomic E-state index is 6.44. The third kappa shape index (κ3) is 3.12. The van der Waals surface area contributed by atoms with Crippen molar-refractivity contribution in [3.8, 4) is 0 Å². The number of rotatable bonds is 2. The average Bonchev–Trinajstić information content (AvgIpc) is 2.36. The second-order valence-electron chi connectivity index (χ2n) is 4.94. The van der Waals surface area contributed by atoms with E-state index < -0.39 is 0 Å². The van der Waals surface area contributed by atoms with Crippen LogP contribution in [0.1, 0.15) is 33.9 Å². The number of nitrogens with two attached hydrogens (primary N) is 1. The van der Waals surface area contributed by atoms with E-state index in [1.165, 1.54) is 22.3 Å². The normalized spacial score (nSPS) is 12.5. The van der Waals surface area contributed by atoms with E-state index in [0.29, 0.717) is 0 Å². The molecule has 2 aromatic rings. The second kappa shape index (κ2) is 5.81. The van der Waals surface area contributed by atoms with Crippen LogP contribution in [-0.4, -0.2) is 0 Å². The SMILES string of the molecule is Cc1cc(C)c(C(N)c2cc(Cl)ccc2I)cc1C. The molecule has 0 spiro atoms. The number of halogens is 2. The van der Waals surface area contributed by atoms with Gasteiger partial charge in [-0.2, -0.15) is 0 Å². The summed E-state index contributed by atoms with van der Waals surface area (Å²) in [7, 11) is 0. The molecule has 19 heavy (non-hydrogen) atoms. The fourth-order valence-electron chi connectivity index (χ4n) is 2.24. The first kappa shape index (κ1) is 14.8. The molecule has 1 nitrogen and oxygen atoms in total. The van der Waals surface area contributed by atoms with E-state index in [2.05, 4.69) is 55.5 Å². The lowest BCUT2D eigenvalue weighted by Gasteiger charge is -2.19. The number of benzene rings is 2. The Morgan fingerprint density at radius 2 is 1.58 bits per heavy atom. The first-order valence-corrected chi connectivity index (χ1v) is 7.64. The molecule has 0 aliphatic rings. The molecule has 0 heterocycles. The molecule has 2 rings (SSSR count). The minimum atomic E-state index is -0.134. The first-order valence-electron chi connectivity index (χ1n) is 6.18. The van der Waals surface area contributed by atoms with E-state index in [9.17, 15) is 0 Å². The van der Waals surface area contributed by atoms with Crippen molar-refractivity contribution >= 4 is 34.2 Å². The van der Waals surface area contributed by atoms with Gasteiger partial charge in [0.2, 0.25) is 0 Å². The largest absolute Gasteiger partial charge is 0.320 e. The summed E-state index contributed by atoms with van der Waals surface area (Å²) in [5, 5.41) is 0.729. The smallest absolute Gasteiger partial charge is 0.0565 e. The molecule has 0 aliphatic heterocycles. The van der Waals surface area contributed by atoms with E-state index in [1.807, 2.05) is 18.2 Å². The van der Waals surface area contributed by atoms with Crippen LogP contribution in [0, 0.1) is 24.3 Å². The fraction of sp³-hybridized carbons (Fsp3) is 0.250. The minimum absolute atomic E-state index is 0.134. The summed E-state index contributed by atoms with van der Waals surface area (Å²) in [5.41, 5.74) is 12.5. The van der Waals surface area contributed by atoms with Crippen LogP contribution >= 0.6 is 34.2 Å². The van der Waals surface area contributed by atoms with Gasteiger partial charge in [0.1, 0.15) is 0 Å². The minimum Gasteiger partial charge on any atom is -0.320 e. The topological polar surface area (TPSA) is 26.0 Å². The van der Waals surface area contributed by atoms with Crippen molar-refractivity contribution < 1.29 is 0 Å². The molecule has 1 atom stereocenters. The van der Waals surface area contributed by atoms with Crippen molar-refractivity contribution in [1.29, 1.82) is 0 Å². The summed E-state index contributed by atoms with van der Waals surface area (Å²) in [6.07, 6.45) is 0. The summed E-state index contributed by atoms with van der Waals surface area (Å²) < 4.78 is 1.15. The van der Waals surface area contributed by atoms with Gasteiger partial charge in [0.05, 0.1) is 6.04 Å². The summed E-state index contributed by atoms with van der Waals surface area (Å²) >= 11 is 8.39. The van der Waals surface area contributed by atoms with Gasteiger partial charge in [-0.1, -0.05) is 23.7 Å². The van der Waals surface area contributed by atoms with E-state index >= 15 is 0 Å². The Bertz CT molecular complexity index is 622. The van der Waals surface area contributed by atoms with Crippen LogP contribution in [0.4, 0.5) is 0 Å².